The van der Waals surface area contributed by atoms with Crippen molar-refractivity contribution >= 4 is 5.65 Å². The maximum Gasteiger partial charge on any atom is 0.275 e. The van der Waals surface area contributed by atoms with Crippen LogP contribution in [0.1, 0.15) is 34.9 Å². The van der Waals surface area contributed by atoms with E-state index in [-0.39, 0.29) is 5.56 Å². The maximum absolute atomic E-state index is 12.4. The quantitative estimate of drug-likeness (QED) is 0.801. The van der Waals surface area contributed by atoms with Crippen LogP contribution in [0.25, 0.3) is 5.65 Å². The first-order valence-corrected chi connectivity index (χ1v) is 8.32. The average Bonchev–Trinajstić information content (AvgIpc) is 3.20. The molecule has 3 aromatic heterocycles. The first-order chi connectivity index (χ1) is 11.6. The van der Waals surface area contributed by atoms with Crippen LogP contribution >= 0.6 is 0 Å². The van der Waals surface area contributed by atoms with Gasteiger partial charge in [-0.1, -0.05) is 6.07 Å². The molecule has 24 heavy (non-hydrogen) atoms. The van der Waals surface area contributed by atoms with Gasteiger partial charge in [0, 0.05) is 54.4 Å². The fourth-order valence-electron chi connectivity index (χ4n) is 3.43. The average molecular weight is 323 g/mol. The van der Waals surface area contributed by atoms with E-state index in [0.717, 1.165) is 37.4 Å². The number of hydrogen-bond acceptors (Lipinski definition) is 4. The minimum atomic E-state index is -0.00559. The van der Waals surface area contributed by atoms with E-state index in [1.165, 1.54) is 5.56 Å². The molecule has 0 aromatic carbocycles. The van der Waals surface area contributed by atoms with Gasteiger partial charge >= 0.3 is 0 Å². The lowest BCUT2D eigenvalue weighted by Crippen LogP contribution is -2.20. The van der Waals surface area contributed by atoms with E-state index in [4.69, 9.17) is 0 Å². The van der Waals surface area contributed by atoms with E-state index in [0.29, 0.717) is 17.1 Å². The summed E-state index contributed by atoms with van der Waals surface area (Å²) in [5.41, 5.74) is 4.54. The van der Waals surface area contributed by atoms with Crippen molar-refractivity contribution in [3.05, 3.63) is 63.5 Å². The molecule has 1 N–H and O–H groups in total. The van der Waals surface area contributed by atoms with Gasteiger partial charge in [-0.15, -0.1) is 0 Å². The fraction of sp³-hybridized carbons (Fsp3) is 0.389. The summed E-state index contributed by atoms with van der Waals surface area (Å²) in [7, 11) is 0. The van der Waals surface area contributed by atoms with Crippen LogP contribution in [0.5, 0.6) is 0 Å². The minimum Gasteiger partial charge on any atom is -0.298 e. The molecule has 6 nitrogen and oxygen atoms in total. The third-order valence-electron chi connectivity index (χ3n) is 4.94. The molecule has 1 aliphatic heterocycles. The summed E-state index contributed by atoms with van der Waals surface area (Å²) in [5, 5.41) is 3.26. The van der Waals surface area contributed by atoms with Crippen LogP contribution in [0.15, 0.2) is 35.4 Å². The van der Waals surface area contributed by atoms with E-state index < -0.39 is 0 Å². The SMILES string of the molecule is Cc1nc2cc(C3CCN(Cc4cccnc4)C3)[nH]n2c(=O)c1C. The highest BCUT2D eigenvalue weighted by molar-refractivity contribution is 5.42. The number of aryl methyl sites for hydroxylation is 1. The van der Waals surface area contributed by atoms with E-state index >= 15 is 0 Å². The Labute approximate surface area is 140 Å². The maximum atomic E-state index is 12.4. The van der Waals surface area contributed by atoms with Gasteiger partial charge in [0.05, 0.1) is 0 Å². The van der Waals surface area contributed by atoms with Crippen molar-refractivity contribution in [2.75, 3.05) is 13.1 Å². The van der Waals surface area contributed by atoms with Gasteiger partial charge in [0.15, 0.2) is 5.65 Å². The lowest BCUT2D eigenvalue weighted by molar-refractivity contribution is 0.326. The number of H-pyrrole nitrogens is 1. The number of nitrogens with one attached hydrogen (secondary N) is 1. The predicted molar refractivity (Wildman–Crippen MR) is 92.2 cm³/mol. The molecule has 6 heteroatoms. The van der Waals surface area contributed by atoms with Gasteiger partial charge in [-0.3, -0.25) is 19.8 Å². The Morgan fingerprint density at radius 2 is 2.25 bits per heavy atom. The van der Waals surface area contributed by atoms with Crippen LogP contribution in [0, 0.1) is 13.8 Å². The number of nitrogens with zero attached hydrogens (tertiary/aromatic N) is 4. The molecular weight excluding hydrogens is 302 g/mol. The van der Waals surface area contributed by atoms with Crippen LogP contribution in [-0.2, 0) is 6.54 Å². The molecule has 1 saturated heterocycles. The molecule has 0 radical (unpaired) electrons. The Morgan fingerprint density at radius 3 is 3.04 bits per heavy atom. The molecule has 1 fully saturated rings. The standard InChI is InChI=1S/C18H21N5O/c1-12-13(2)20-17-8-16(21-23(17)18(12)24)15-5-7-22(11-15)10-14-4-3-6-19-9-14/h3-4,6,8-9,15,21H,5,7,10-11H2,1-2H3. The summed E-state index contributed by atoms with van der Waals surface area (Å²) >= 11 is 0. The lowest BCUT2D eigenvalue weighted by Gasteiger charge is -2.15. The monoisotopic (exact) mass is 323 g/mol. The van der Waals surface area contributed by atoms with Crippen molar-refractivity contribution in [2.24, 2.45) is 0 Å². The molecule has 4 rings (SSSR count). The second-order valence-corrected chi connectivity index (χ2v) is 6.61. The number of aromatic amines is 1. The summed E-state index contributed by atoms with van der Waals surface area (Å²) in [5.74, 6) is 0.406. The molecule has 4 heterocycles. The lowest BCUT2D eigenvalue weighted by atomic mass is 10.1. The summed E-state index contributed by atoms with van der Waals surface area (Å²) in [6, 6.07) is 6.10. The molecule has 0 saturated carbocycles. The van der Waals surface area contributed by atoms with Crippen LogP contribution < -0.4 is 5.56 Å². The van der Waals surface area contributed by atoms with Crippen LogP contribution in [0.4, 0.5) is 0 Å². The molecule has 3 aromatic rings. The highest BCUT2D eigenvalue weighted by Crippen LogP contribution is 2.27. The van der Waals surface area contributed by atoms with Gasteiger partial charge in [0.2, 0.25) is 0 Å². The number of fused-ring (bicyclic) bond motifs is 1. The van der Waals surface area contributed by atoms with Crippen molar-refractivity contribution < 1.29 is 0 Å². The number of aromatic nitrogens is 4. The predicted octanol–water partition coefficient (Wildman–Crippen LogP) is 2.02. The van der Waals surface area contributed by atoms with Crippen molar-refractivity contribution in [1.29, 1.82) is 0 Å². The van der Waals surface area contributed by atoms with Crippen molar-refractivity contribution in [3.8, 4) is 0 Å². The molecule has 1 atom stereocenters. The van der Waals surface area contributed by atoms with Crippen molar-refractivity contribution in [3.63, 3.8) is 0 Å². The second-order valence-electron chi connectivity index (χ2n) is 6.61. The Morgan fingerprint density at radius 1 is 1.38 bits per heavy atom. The summed E-state index contributed by atoms with van der Waals surface area (Å²) < 4.78 is 1.57. The topological polar surface area (TPSA) is 66.3 Å². The number of likely N-dealkylation sites (tertiary alicyclic amines) is 1. The zero-order valence-corrected chi connectivity index (χ0v) is 14.0. The van der Waals surface area contributed by atoms with Gasteiger partial charge < -0.3 is 0 Å². The number of rotatable bonds is 3. The van der Waals surface area contributed by atoms with Gasteiger partial charge in [0.25, 0.3) is 5.56 Å². The van der Waals surface area contributed by atoms with Gasteiger partial charge in [-0.25, -0.2) is 9.50 Å². The molecule has 0 amide bonds. The molecule has 1 unspecified atom stereocenters. The molecule has 0 spiro atoms. The third-order valence-corrected chi connectivity index (χ3v) is 4.94. The molecule has 0 bridgehead atoms. The summed E-state index contributed by atoms with van der Waals surface area (Å²) in [6.45, 7) is 6.65. The minimum absolute atomic E-state index is 0.00559. The first-order valence-electron chi connectivity index (χ1n) is 8.32. The summed E-state index contributed by atoms with van der Waals surface area (Å²) in [4.78, 5) is 23.5. The Balaban J connectivity index is 1.56. The van der Waals surface area contributed by atoms with Gasteiger partial charge in [-0.05, 0) is 38.4 Å². The zero-order valence-electron chi connectivity index (χ0n) is 14.0. The smallest absolute Gasteiger partial charge is 0.275 e. The number of pyridine rings is 1. The second kappa shape index (κ2) is 5.87. The van der Waals surface area contributed by atoms with Crippen molar-refractivity contribution in [1.82, 2.24) is 24.5 Å². The van der Waals surface area contributed by atoms with Crippen LogP contribution in [-0.4, -0.2) is 37.6 Å². The van der Waals surface area contributed by atoms with Crippen molar-refractivity contribution in [2.45, 2.75) is 32.7 Å². The number of hydrogen-bond donors (Lipinski definition) is 1. The van der Waals surface area contributed by atoms with E-state index in [1.807, 2.05) is 32.2 Å². The van der Waals surface area contributed by atoms with Crippen LogP contribution in [0.3, 0.4) is 0 Å². The molecule has 0 aliphatic carbocycles. The van der Waals surface area contributed by atoms with E-state index in [1.54, 1.807) is 10.7 Å². The van der Waals surface area contributed by atoms with E-state index in [2.05, 4.69) is 26.0 Å². The Hall–Kier alpha value is -2.47. The van der Waals surface area contributed by atoms with E-state index in [9.17, 15) is 4.79 Å². The Bertz CT molecular complexity index is 928. The third kappa shape index (κ3) is 2.63. The highest BCUT2D eigenvalue weighted by Gasteiger charge is 2.26. The normalized spacial score (nSPS) is 18.5. The fourth-order valence-corrected chi connectivity index (χ4v) is 3.43. The van der Waals surface area contributed by atoms with Gasteiger partial charge in [0.1, 0.15) is 0 Å². The highest BCUT2D eigenvalue weighted by atomic mass is 16.1. The molecule has 124 valence electrons. The zero-order chi connectivity index (χ0) is 16.7. The van der Waals surface area contributed by atoms with Gasteiger partial charge in [-0.2, -0.15) is 0 Å². The Kier molecular flexibility index (Phi) is 3.69. The first kappa shape index (κ1) is 15.1. The summed E-state index contributed by atoms with van der Waals surface area (Å²) in [6.07, 6.45) is 4.81. The van der Waals surface area contributed by atoms with Crippen LogP contribution in [0.2, 0.25) is 0 Å². The molecular formula is C18H21N5O. The molecule has 1 aliphatic rings. The largest absolute Gasteiger partial charge is 0.298 e.